The number of nitrogens with zero attached hydrogens (tertiary/aromatic N) is 8. The number of β-lactam (4-membered cyclic amide) rings is 1. The van der Waals surface area contributed by atoms with E-state index in [-0.39, 0.29) is 59.3 Å². The molecule has 6 rings (SSSR count). The molecule has 4 aliphatic heterocycles. The van der Waals surface area contributed by atoms with Gasteiger partial charge in [0.2, 0.25) is 23.7 Å². The van der Waals surface area contributed by atoms with Crippen LogP contribution in [0, 0.1) is 11.8 Å². The highest BCUT2D eigenvalue weighted by atomic mass is 32.2. The summed E-state index contributed by atoms with van der Waals surface area (Å²) in [5.74, 6) is -1.97. The number of aliphatic carboxylic acids is 1. The predicted molar refractivity (Wildman–Crippen MR) is 156 cm³/mol. The molecule has 4 aliphatic rings. The Balaban J connectivity index is 1.03. The molecule has 17 heteroatoms. The van der Waals surface area contributed by atoms with E-state index in [0.717, 1.165) is 12.8 Å². The lowest BCUT2D eigenvalue weighted by Gasteiger charge is -2.47. The van der Waals surface area contributed by atoms with Crippen molar-refractivity contribution in [1.29, 1.82) is 0 Å². The molecule has 2 aromatic rings. The number of nitrogens with one attached hydrogen (secondary N) is 3. The number of rotatable bonds is 10. The van der Waals surface area contributed by atoms with Crippen molar-refractivity contribution in [3.05, 3.63) is 35.4 Å². The first kappa shape index (κ1) is 29.9. The Morgan fingerprint density at radius 3 is 2.64 bits per heavy atom. The summed E-state index contributed by atoms with van der Waals surface area (Å²) in [4.78, 5) is 63.8. The van der Waals surface area contributed by atoms with Crippen LogP contribution in [0.1, 0.15) is 33.1 Å². The molecule has 6 atom stereocenters. The first-order chi connectivity index (χ1) is 21.2. The van der Waals surface area contributed by atoms with Crippen LogP contribution < -0.4 is 16.0 Å². The molecule has 44 heavy (non-hydrogen) atoms. The molecular formula is C27H35N11O5S. The highest BCUT2D eigenvalue weighted by molar-refractivity contribution is 8.03. The Kier molecular flexibility index (Phi) is 8.48. The molecule has 16 nitrogen and oxygen atoms in total. The average molecular weight is 626 g/mol. The smallest absolute Gasteiger partial charge is 0.353 e. The van der Waals surface area contributed by atoms with E-state index in [2.05, 4.69) is 41.4 Å². The van der Waals surface area contributed by atoms with Gasteiger partial charge in [-0.3, -0.25) is 14.4 Å². The molecule has 6 heterocycles. The summed E-state index contributed by atoms with van der Waals surface area (Å²) in [7, 11) is 0. The molecule has 3 fully saturated rings. The number of carbonyl (C=O) groups excluding carboxylic acids is 3. The van der Waals surface area contributed by atoms with Crippen LogP contribution >= 0.6 is 11.8 Å². The first-order valence-corrected chi connectivity index (χ1v) is 15.6. The lowest BCUT2D eigenvalue weighted by atomic mass is 9.78. The lowest BCUT2D eigenvalue weighted by molar-refractivity contribution is -0.158. The number of piperidine rings is 1. The van der Waals surface area contributed by atoms with Crippen LogP contribution in [0.3, 0.4) is 0 Å². The molecule has 0 bridgehead atoms. The molecule has 234 valence electrons. The third-order valence-corrected chi connectivity index (χ3v) is 10.3. The summed E-state index contributed by atoms with van der Waals surface area (Å²) >= 11 is 1.44. The number of carbonyl (C=O) groups is 4. The minimum atomic E-state index is -1.15. The van der Waals surface area contributed by atoms with Gasteiger partial charge in [-0.15, -0.1) is 16.9 Å². The number of hydrogen-bond donors (Lipinski definition) is 4. The minimum absolute atomic E-state index is 0.00714. The van der Waals surface area contributed by atoms with Gasteiger partial charge in [-0.05, 0) is 42.7 Å². The zero-order valence-corrected chi connectivity index (χ0v) is 25.2. The van der Waals surface area contributed by atoms with Crippen molar-refractivity contribution in [3.63, 3.8) is 0 Å². The Hall–Kier alpha value is -4.12. The normalized spacial score (nSPS) is 27.6. The van der Waals surface area contributed by atoms with E-state index >= 15 is 0 Å². The van der Waals surface area contributed by atoms with Gasteiger partial charge in [-0.2, -0.15) is 0 Å². The second-order valence-electron chi connectivity index (χ2n) is 11.6. The second kappa shape index (κ2) is 12.5. The van der Waals surface area contributed by atoms with Crippen LogP contribution in [-0.4, -0.2) is 118 Å². The summed E-state index contributed by atoms with van der Waals surface area (Å²) in [6.07, 6.45) is 6.86. The van der Waals surface area contributed by atoms with E-state index in [1.807, 2.05) is 11.8 Å². The fourth-order valence-electron chi connectivity index (χ4n) is 6.67. The molecule has 2 aromatic heterocycles. The number of anilines is 1. The van der Waals surface area contributed by atoms with E-state index in [4.69, 9.17) is 0 Å². The van der Waals surface area contributed by atoms with Crippen molar-refractivity contribution < 1.29 is 24.3 Å². The van der Waals surface area contributed by atoms with Gasteiger partial charge in [-0.25, -0.2) is 19.4 Å². The number of tetrazole rings is 1. The number of carboxylic acids is 1. The number of carboxylic acid groups (broad SMARTS) is 1. The highest BCUT2D eigenvalue weighted by Crippen LogP contribution is 2.51. The third kappa shape index (κ3) is 5.85. The predicted octanol–water partition coefficient (Wildman–Crippen LogP) is -0.692. The molecule has 0 radical (unpaired) electrons. The van der Waals surface area contributed by atoms with Gasteiger partial charge in [0.25, 0.3) is 0 Å². The summed E-state index contributed by atoms with van der Waals surface area (Å²) in [6, 6.07) is 0.737. The molecule has 4 N–H and O–H groups in total. The monoisotopic (exact) mass is 625 g/mol. The number of hydrogen-bond acceptors (Lipinski definition) is 12. The van der Waals surface area contributed by atoms with E-state index in [0.29, 0.717) is 36.9 Å². The Morgan fingerprint density at radius 2 is 1.95 bits per heavy atom. The minimum Gasteiger partial charge on any atom is -0.477 e. The molecule has 3 amide bonds. The maximum absolute atomic E-state index is 13.4. The van der Waals surface area contributed by atoms with Gasteiger partial charge in [0, 0.05) is 60.2 Å². The SMILES string of the molecule is C[C@@H](NC(=O)Cn1cnnn1)[C@H]1C(=O)N2C(C(=O)O)=C(S[C@@H]3CNC(C(=O)N4CCC(Nc5ncccn5)CC4)C3)[C@H](C)[C@H]12. The fourth-order valence-corrected chi connectivity index (χ4v) is 8.15. The fraction of sp³-hybridized carbons (Fsp3) is 0.593. The van der Waals surface area contributed by atoms with Crippen LogP contribution in [0.15, 0.2) is 35.4 Å². The Morgan fingerprint density at radius 1 is 1.20 bits per heavy atom. The number of thioether (sulfide) groups is 1. The maximum Gasteiger partial charge on any atom is 0.353 e. The molecule has 0 aromatic carbocycles. The van der Waals surface area contributed by atoms with Gasteiger partial charge in [-0.1, -0.05) is 6.92 Å². The summed E-state index contributed by atoms with van der Waals surface area (Å²) < 4.78 is 1.28. The summed E-state index contributed by atoms with van der Waals surface area (Å²) in [5.41, 5.74) is 0.00714. The van der Waals surface area contributed by atoms with Crippen LogP contribution in [0.4, 0.5) is 5.95 Å². The third-order valence-electron chi connectivity index (χ3n) is 8.80. The van der Waals surface area contributed by atoms with Crippen LogP contribution in [0.25, 0.3) is 0 Å². The van der Waals surface area contributed by atoms with Gasteiger partial charge in [0.15, 0.2) is 0 Å². The quantitative estimate of drug-likeness (QED) is 0.242. The molecule has 0 aliphatic carbocycles. The zero-order chi connectivity index (χ0) is 31.0. The molecule has 0 spiro atoms. The van der Waals surface area contributed by atoms with Gasteiger partial charge < -0.3 is 30.9 Å². The van der Waals surface area contributed by atoms with E-state index in [1.165, 1.54) is 27.7 Å². The zero-order valence-electron chi connectivity index (χ0n) is 24.4. The van der Waals surface area contributed by atoms with Crippen molar-refractivity contribution in [2.45, 2.75) is 69.1 Å². The molecule has 1 unspecified atom stereocenters. The number of aromatic nitrogens is 6. The molecular weight excluding hydrogens is 590 g/mol. The van der Waals surface area contributed by atoms with Gasteiger partial charge >= 0.3 is 5.97 Å². The number of likely N-dealkylation sites (tertiary alicyclic amines) is 1. The maximum atomic E-state index is 13.4. The van der Waals surface area contributed by atoms with Crippen molar-refractivity contribution in [2.24, 2.45) is 11.8 Å². The van der Waals surface area contributed by atoms with E-state index in [1.54, 1.807) is 25.4 Å². The largest absolute Gasteiger partial charge is 0.477 e. The van der Waals surface area contributed by atoms with Crippen molar-refractivity contribution in [1.82, 2.24) is 50.6 Å². The van der Waals surface area contributed by atoms with Gasteiger partial charge in [0.1, 0.15) is 18.6 Å². The molecule has 0 saturated carbocycles. The average Bonchev–Trinajstić information content (AvgIpc) is 3.74. The number of amides is 3. The van der Waals surface area contributed by atoms with Crippen LogP contribution in [0.2, 0.25) is 0 Å². The first-order valence-electron chi connectivity index (χ1n) is 14.7. The lowest BCUT2D eigenvalue weighted by Crippen LogP contribution is -2.66. The highest BCUT2D eigenvalue weighted by Gasteiger charge is 2.60. The Bertz CT molecular complexity index is 1430. The molecule has 3 saturated heterocycles. The summed E-state index contributed by atoms with van der Waals surface area (Å²) in [6.45, 7) is 5.41. The van der Waals surface area contributed by atoms with E-state index < -0.39 is 17.9 Å². The van der Waals surface area contributed by atoms with Crippen molar-refractivity contribution in [3.8, 4) is 0 Å². The Labute approximate surface area is 257 Å². The van der Waals surface area contributed by atoms with Gasteiger partial charge in [0.05, 0.1) is 18.0 Å². The number of fused-ring (bicyclic) bond motifs is 1. The van der Waals surface area contributed by atoms with Crippen molar-refractivity contribution in [2.75, 3.05) is 25.0 Å². The summed E-state index contributed by atoms with van der Waals surface area (Å²) in [5, 5.41) is 30.3. The van der Waals surface area contributed by atoms with Crippen molar-refractivity contribution >= 4 is 41.4 Å². The van der Waals surface area contributed by atoms with Crippen LogP contribution in [0.5, 0.6) is 0 Å². The second-order valence-corrected chi connectivity index (χ2v) is 13.0. The van der Waals surface area contributed by atoms with Crippen LogP contribution in [-0.2, 0) is 25.7 Å². The standard InChI is InChI=1S/C27H35N11O5S/c1-14-21-20(15(2)32-19(39)12-37-13-31-34-35-37)25(41)38(21)22(26(42)43)23(14)44-17-10-18(30-11-17)24(40)36-8-4-16(5-9-36)33-27-28-6-3-7-29-27/h3,6-7,13-18,20-21,30H,4-5,8-12H2,1-2H3,(H,32,39)(H,42,43)(H,28,29,33)/t14-,15-,17+,18?,20-,21-/m1/s1. The van der Waals surface area contributed by atoms with E-state index in [9.17, 15) is 24.3 Å². The topological polar surface area (TPSA) is 200 Å².